The number of tetrazole rings is 1. The molecule has 0 saturated heterocycles. The van der Waals surface area contributed by atoms with Gasteiger partial charge in [0.15, 0.2) is 5.82 Å². The summed E-state index contributed by atoms with van der Waals surface area (Å²) in [7, 11) is -3.90. The highest BCUT2D eigenvalue weighted by atomic mass is 79.9. The Balaban J connectivity index is 1.88. The van der Waals surface area contributed by atoms with Gasteiger partial charge in [0.2, 0.25) is 0 Å². The number of anilines is 1. The van der Waals surface area contributed by atoms with Crippen molar-refractivity contribution in [2.75, 3.05) is 11.3 Å². The summed E-state index contributed by atoms with van der Waals surface area (Å²) in [5.74, 6) is 0.0434. The topological polar surface area (TPSA) is 116 Å². The molecule has 0 aliphatic rings. The van der Waals surface area contributed by atoms with Crippen LogP contribution in [0.2, 0.25) is 0 Å². The summed E-state index contributed by atoms with van der Waals surface area (Å²) in [5.41, 5.74) is 1.21. The van der Waals surface area contributed by atoms with Crippen LogP contribution in [0.1, 0.15) is 23.1 Å². The molecule has 11 heteroatoms. The highest BCUT2D eigenvalue weighted by Crippen LogP contribution is 2.26. The summed E-state index contributed by atoms with van der Waals surface area (Å²) in [6.07, 6.45) is 0. The fourth-order valence-electron chi connectivity index (χ4n) is 2.44. The molecule has 0 radical (unpaired) electrons. The molecule has 1 heterocycles. The van der Waals surface area contributed by atoms with Gasteiger partial charge in [-0.3, -0.25) is 4.72 Å². The number of sulfonamides is 1. The Morgan fingerprint density at radius 1 is 1.25 bits per heavy atom. The third kappa shape index (κ3) is 4.20. The van der Waals surface area contributed by atoms with Gasteiger partial charge in [0.1, 0.15) is 4.90 Å². The lowest BCUT2D eigenvalue weighted by atomic mass is 10.2. The second-order valence-corrected chi connectivity index (χ2v) is 8.16. The number of carbonyl (C=O) groups excluding carboxylic acids is 1. The van der Waals surface area contributed by atoms with E-state index in [-0.39, 0.29) is 21.5 Å². The number of hydrogen-bond acceptors (Lipinski definition) is 7. The Labute approximate surface area is 169 Å². The quantitative estimate of drug-likeness (QED) is 0.556. The minimum absolute atomic E-state index is 0.00967. The van der Waals surface area contributed by atoms with E-state index >= 15 is 0 Å². The SMILES string of the molecule is CCOC(=O)c1ccc(S(=O)(=O)Nc2cccc(-n3nnnc3C)c2)c(Br)c1. The monoisotopic (exact) mass is 465 g/mol. The third-order valence-corrected chi connectivity index (χ3v) is 6.06. The molecular weight excluding hydrogens is 450 g/mol. The molecule has 1 N–H and O–H groups in total. The minimum Gasteiger partial charge on any atom is -0.462 e. The number of ether oxygens (including phenoxy) is 1. The van der Waals surface area contributed by atoms with E-state index in [1.807, 2.05) is 0 Å². The number of aryl methyl sites for hydroxylation is 1. The van der Waals surface area contributed by atoms with Crippen molar-refractivity contribution in [3.8, 4) is 5.69 Å². The summed E-state index contributed by atoms with van der Waals surface area (Å²) in [6, 6.07) is 10.8. The van der Waals surface area contributed by atoms with Gasteiger partial charge < -0.3 is 4.74 Å². The van der Waals surface area contributed by atoms with Crippen LogP contribution in [0.4, 0.5) is 5.69 Å². The normalized spacial score (nSPS) is 11.2. The summed E-state index contributed by atoms with van der Waals surface area (Å²) < 4.78 is 34.7. The van der Waals surface area contributed by atoms with Gasteiger partial charge in [-0.25, -0.2) is 13.2 Å². The lowest BCUT2D eigenvalue weighted by molar-refractivity contribution is 0.0526. The zero-order valence-corrected chi connectivity index (χ0v) is 17.4. The highest BCUT2D eigenvalue weighted by molar-refractivity contribution is 9.10. The van der Waals surface area contributed by atoms with Gasteiger partial charge in [-0.15, -0.1) is 5.10 Å². The maximum Gasteiger partial charge on any atom is 0.338 e. The van der Waals surface area contributed by atoms with E-state index in [1.165, 1.54) is 22.9 Å². The van der Waals surface area contributed by atoms with E-state index in [0.29, 0.717) is 17.2 Å². The van der Waals surface area contributed by atoms with Crippen molar-refractivity contribution in [1.29, 1.82) is 0 Å². The average Bonchev–Trinajstić information content (AvgIpc) is 3.07. The maximum absolute atomic E-state index is 12.8. The van der Waals surface area contributed by atoms with Gasteiger partial charge in [-0.05, 0) is 76.6 Å². The molecule has 0 aliphatic heterocycles. The molecule has 0 bridgehead atoms. The highest BCUT2D eigenvalue weighted by Gasteiger charge is 2.20. The summed E-state index contributed by atoms with van der Waals surface area (Å²) in [5, 5.41) is 11.3. The zero-order valence-electron chi connectivity index (χ0n) is 15.0. The van der Waals surface area contributed by atoms with E-state index in [1.54, 1.807) is 38.1 Å². The van der Waals surface area contributed by atoms with Crippen molar-refractivity contribution in [2.24, 2.45) is 0 Å². The fraction of sp³-hybridized carbons (Fsp3) is 0.176. The van der Waals surface area contributed by atoms with Crippen LogP contribution >= 0.6 is 15.9 Å². The van der Waals surface area contributed by atoms with Crippen LogP contribution < -0.4 is 4.72 Å². The second-order valence-electron chi connectivity index (χ2n) is 5.66. The summed E-state index contributed by atoms with van der Waals surface area (Å²) in [4.78, 5) is 11.8. The minimum atomic E-state index is -3.90. The Bertz CT molecular complexity index is 1130. The standard InChI is InChI=1S/C17H16BrN5O4S/c1-3-27-17(24)12-7-8-16(15(18)9-12)28(25,26)20-13-5-4-6-14(10-13)23-11(2)19-21-22-23/h4-10,20H,3H2,1-2H3. The lowest BCUT2D eigenvalue weighted by Gasteiger charge is -2.12. The molecule has 0 amide bonds. The van der Waals surface area contributed by atoms with E-state index in [2.05, 4.69) is 36.2 Å². The first-order chi connectivity index (χ1) is 13.3. The van der Waals surface area contributed by atoms with E-state index in [4.69, 9.17) is 4.74 Å². The predicted molar refractivity (Wildman–Crippen MR) is 105 cm³/mol. The molecule has 0 unspecified atom stereocenters. The molecule has 0 spiro atoms. The first-order valence-electron chi connectivity index (χ1n) is 8.16. The van der Waals surface area contributed by atoms with Crippen LogP contribution in [0.5, 0.6) is 0 Å². The smallest absolute Gasteiger partial charge is 0.338 e. The summed E-state index contributed by atoms with van der Waals surface area (Å²) >= 11 is 3.21. The zero-order chi connectivity index (χ0) is 20.3. The Kier molecular flexibility index (Phi) is 5.75. The lowest BCUT2D eigenvalue weighted by Crippen LogP contribution is -2.14. The van der Waals surface area contributed by atoms with Gasteiger partial charge in [-0.2, -0.15) is 4.68 Å². The summed E-state index contributed by atoms with van der Waals surface area (Å²) in [6.45, 7) is 3.66. The second kappa shape index (κ2) is 8.07. The molecule has 3 aromatic rings. The first-order valence-corrected chi connectivity index (χ1v) is 10.4. The number of esters is 1. The number of nitrogens with one attached hydrogen (secondary N) is 1. The Morgan fingerprint density at radius 3 is 2.68 bits per heavy atom. The number of nitrogens with zero attached hydrogens (tertiary/aromatic N) is 4. The number of benzene rings is 2. The largest absolute Gasteiger partial charge is 0.462 e. The molecule has 3 rings (SSSR count). The van der Waals surface area contributed by atoms with Gasteiger partial charge in [0, 0.05) is 4.47 Å². The average molecular weight is 466 g/mol. The van der Waals surface area contributed by atoms with Crippen LogP contribution in [-0.2, 0) is 14.8 Å². The van der Waals surface area contributed by atoms with Gasteiger partial charge in [-0.1, -0.05) is 6.07 Å². The molecular formula is C17H16BrN5O4S. The number of hydrogen-bond donors (Lipinski definition) is 1. The molecule has 9 nitrogen and oxygen atoms in total. The number of rotatable bonds is 6. The molecule has 0 atom stereocenters. The van der Waals surface area contributed by atoms with E-state index < -0.39 is 16.0 Å². The van der Waals surface area contributed by atoms with Crippen LogP contribution in [0, 0.1) is 6.92 Å². The number of halogens is 1. The van der Waals surface area contributed by atoms with Crippen molar-refractivity contribution in [3.05, 3.63) is 58.3 Å². The van der Waals surface area contributed by atoms with E-state index in [0.717, 1.165) is 0 Å². The number of carbonyl (C=O) groups is 1. The molecule has 2 aromatic carbocycles. The Hall–Kier alpha value is -2.79. The maximum atomic E-state index is 12.8. The van der Waals surface area contributed by atoms with E-state index in [9.17, 15) is 13.2 Å². The van der Waals surface area contributed by atoms with Gasteiger partial charge in [0.25, 0.3) is 10.0 Å². The molecule has 1 aromatic heterocycles. The predicted octanol–water partition coefficient (Wildman–Crippen LogP) is 2.71. The van der Waals surface area contributed by atoms with Gasteiger partial charge >= 0.3 is 5.97 Å². The third-order valence-electron chi connectivity index (χ3n) is 3.70. The molecule has 0 aliphatic carbocycles. The van der Waals surface area contributed by atoms with Crippen molar-refractivity contribution >= 4 is 37.6 Å². The van der Waals surface area contributed by atoms with Crippen molar-refractivity contribution in [3.63, 3.8) is 0 Å². The molecule has 0 fully saturated rings. The van der Waals surface area contributed by atoms with Crippen LogP contribution in [-0.4, -0.2) is 41.2 Å². The molecule has 0 saturated carbocycles. The van der Waals surface area contributed by atoms with Crippen molar-refractivity contribution < 1.29 is 17.9 Å². The molecule has 28 heavy (non-hydrogen) atoms. The van der Waals surface area contributed by atoms with Crippen molar-refractivity contribution in [1.82, 2.24) is 20.2 Å². The fourth-order valence-corrected chi connectivity index (χ4v) is 4.57. The van der Waals surface area contributed by atoms with Gasteiger partial charge in [0.05, 0.1) is 23.5 Å². The van der Waals surface area contributed by atoms with Crippen LogP contribution in [0.15, 0.2) is 51.8 Å². The molecule has 146 valence electrons. The Morgan fingerprint density at radius 2 is 2.04 bits per heavy atom. The first kappa shape index (κ1) is 20.0. The number of aromatic nitrogens is 4. The van der Waals surface area contributed by atoms with Crippen LogP contribution in [0.25, 0.3) is 5.69 Å². The van der Waals surface area contributed by atoms with Crippen LogP contribution in [0.3, 0.4) is 0 Å². The van der Waals surface area contributed by atoms with Crippen molar-refractivity contribution in [2.45, 2.75) is 18.7 Å².